The molecule has 0 bridgehead atoms. The maximum absolute atomic E-state index is 12.0. The van der Waals surface area contributed by atoms with E-state index >= 15 is 0 Å². The molecule has 1 fully saturated rings. The van der Waals surface area contributed by atoms with E-state index in [0.717, 1.165) is 49.1 Å². The Morgan fingerprint density at radius 1 is 1.28 bits per heavy atom. The summed E-state index contributed by atoms with van der Waals surface area (Å²) in [5, 5.41) is 9.08. The minimum atomic E-state index is 0. The number of rotatable bonds is 6. The molecule has 1 saturated heterocycles. The van der Waals surface area contributed by atoms with E-state index in [1.54, 1.807) is 6.20 Å². The number of halogens is 2. The van der Waals surface area contributed by atoms with Crippen LogP contribution in [0.2, 0.25) is 0 Å². The highest BCUT2D eigenvalue weighted by Gasteiger charge is 2.11. The lowest BCUT2D eigenvalue weighted by Gasteiger charge is -2.27. The summed E-state index contributed by atoms with van der Waals surface area (Å²) in [7, 11) is 0. The number of nitrogens with one attached hydrogen (secondary N) is 2. The van der Waals surface area contributed by atoms with Crippen LogP contribution in [0, 0.1) is 0 Å². The van der Waals surface area contributed by atoms with Gasteiger partial charge >= 0.3 is 0 Å². The number of aromatic nitrogens is 2. The normalized spacial score (nSPS) is 14.2. The molecular formula is C16H23Cl2N5OS. The van der Waals surface area contributed by atoms with Gasteiger partial charge in [-0.2, -0.15) is 0 Å². The first-order chi connectivity index (χ1) is 11.3. The summed E-state index contributed by atoms with van der Waals surface area (Å²) in [4.78, 5) is 23.1. The van der Waals surface area contributed by atoms with Gasteiger partial charge in [0, 0.05) is 50.8 Å². The smallest absolute Gasteiger partial charge is 0.226 e. The Bertz CT molecular complexity index is 634. The lowest BCUT2D eigenvalue weighted by Crippen LogP contribution is -2.46. The van der Waals surface area contributed by atoms with Crippen molar-refractivity contribution in [2.45, 2.75) is 6.42 Å². The van der Waals surface area contributed by atoms with Gasteiger partial charge in [0.2, 0.25) is 5.91 Å². The quantitative estimate of drug-likeness (QED) is 0.766. The standard InChI is InChI=1S/C16H21N5OS.2ClH/c22-15(19-7-10-21-8-5-17-6-9-21)11-13-12-23-16(20-13)14-3-1-2-4-18-14;;/h1-4,12,17H,5-11H2,(H,19,22);2*1H. The third kappa shape index (κ3) is 6.87. The van der Waals surface area contributed by atoms with Crippen molar-refractivity contribution in [1.29, 1.82) is 0 Å². The second kappa shape index (κ2) is 11.4. The van der Waals surface area contributed by atoms with E-state index in [2.05, 4.69) is 25.5 Å². The lowest BCUT2D eigenvalue weighted by molar-refractivity contribution is -0.120. The molecule has 2 aromatic heterocycles. The molecule has 2 aromatic rings. The van der Waals surface area contributed by atoms with E-state index < -0.39 is 0 Å². The monoisotopic (exact) mass is 403 g/mol. The van der Waals surface area contributed by atoms with Crippen LogP contribution in [0.1, 0.15) is 5.69 Å². The van der Waals surface area contributed by atoms with Gasteiger partial charge in [0.15, 0.2) is 0 Å². The fourth-order valence-electron chi connectivity index (χ4n) is 2.51. The Balaban J connectivity index is 0.00000156. The van der Waals surface area contributed by atoms with Crippen molar-refractivity contribution < 1.29 is 4.79 Å². The summed E-state index contributed by atoms with van der Waals surface area (Å²) in [6.07, 6.45) is 2.07. The van der Waals surface area contributed by atoms with Gasteiger partial charge in [-0.15, -0.1) is 36.2 Å². The first kappa shape index (κ1) is 21.8. The molecule has 3 rings (SSSR count). The summed E-state index contributed by atoms with van der Waals surface area (Å²) >= 11 is 1.52. The van der Waals surface area contributed by atoms with Gasteiger partial charge in [-0.3, -0.25) is 14.7 Å². The van der Waals surface area contributed by atoms with Crippen LogP contribution in [0.15, 0.2) is 29.8 Å². The molecule has 0 spiro atoms. The van der Waals surface area contributed by atoms with Crippen molar-refractivity contribution in [2.75, 3.05) is 39.3 Å². The molecule has 2 N–H and O–H groups in total. The fraction of sp³-hybridized carbons (Fsp3) is 0.438. The van der Waals surface area contributed by atoms with E-state index in [4.69, 9.17) is 0 Å². The van der Waals surface area contributed by atoms with Crippen molar-refractivity contribution in [1.82, 2.24) is 25.5 Å². The Morgan fingerprint density at radius 3 is 2.80 bits per heavy atom. The SMILES string of the molecule is Cl.Cl.O=C(Cc1csc(-c2ccccn2)n1)NCCN1CCNCC1. The van der Waals surface area contributed by atoms with Crippen LogP contribution in [-0.4, -0.2) is 60.0 Å². The molecule has 1 aliphatic rings. The van der Waals surface area contributed by atoms with Crippen LogP contribution in [0.3, 0.4) is 0 Å². The van der Waals surface area contributed by atoms with E-state index in [1.807, 2.05) is 23.6 Å². The topological polar surface area (TPSA) is 70.2 Å². The molecule has 25 heavy (non-hydrogen) atoms. The molecule has 0 aromatic carbocycles. The molecule has 138 valence electrons. The molecule has 1 amide bonds. The molecule has 9 heteroatoms. The number of hydrogen-bond acceptors (Lipinski definition) is 6. The molecule has 3 heterocycles. The van der Waals surface area contributed by atoms with Gasteiger partial charge in [-0.25, -0.2) is 4.98 Å². The van der Waals surface area contributed by atoms with Crippen LogP contribution in [-0.2, 0) is 11.2 Å². The average molecular weight is 404 g/mol. The number of pyridine rings is 1. The van der Waals surface area contributed by atoms with E-state index in [1.165, 1.54) is 11.3 Å². The third-order valence-corrected chi connectivity index (χ3v) is 4.65. The molecule has 0 radical (unpaired) electrons. The minimum Gasteiger partial charge on any atom is -0.354 e. The number of piperazine rings is 1. The van der Waals surface area contributed by atoms with Crippen molar-refractivity contribution >= 4 is 42.1 Å². The molecule has 0 aliphatic carbocycles. The average Bonchev–Trinajstić information content (AvgIpc) is 3.05. The number of hydrogen-bond donors (Lipinski definition) is 2. The highest BCUT2D eigenvalue weighted by atomic mass is 35.5. The maximum atomic E-state index is 12.0. The van der Waals surface area contributed by atoms with Crippen molar-refractivity contribution in [3.05, 3.63) is 35.5 Å². The summed E-state index contributed by atoms with van der Waals surface area (Å²) in [6, 6.07) is 5.74. The van der Waals surface area contributed by atoms with Gasteiger partial charge in [0.1, 0.15) is 5.01 Å². The predicted molar refractivity (Wildman–Crippen MR) is 106 cm³/mol. The number of carbonyl (C=O) groups is 1. The second-order valence-electron chi connectivity index (χ2n) is 5.48. The fourth-order valence-corrected chi connectivity index (χ4v) is 3.31. The van der Waals surface area contributed by atoms with Crippen LogP contribution < -0.4 is 10.6 Å². The minimum absolute atomic E-state index is 0. The van der Waals surface area contributed by atoms with Crippen LogP contribution in [0.5, 0.6) is 0 Å². The molecule has 0 atom stereocenters. The number of amides is 1. The zero-order valence-corrected chi connectivity index (χ0v) is 16.3. The highest BCUT2D eigenvalue weighted by molar-refractivity contribution is 7.13. The summed E-state index contributed by atoms with van der Waals surface area (Å²) in [6.45, 7) is 5.76. The maximum Gasteiger partial charge on any atom is 0.226 e. The molecule has 1 aliphatic heterocycles. The van der Waals surface area contributed by atoms with E-state index in [9.17, 15) is 4.79 Å². The Labute approximate surface area is 164 Å². The zero-order chi connectivity index (χ0) is 15.9. The number of nitrogens with zero attached hydrogens (tertiary/aromatic N) is 3. The van der Waals surface area contributed by atoms with Crippen LogP contribution in [0.4, 0.5) is 0 Å². The van der Waals surface area contributed by atoms with Gasteiger partial charge in [-0.1, -0.05) is 6.07 Å². The van der Waals surface area contributed by atoms with Crippen LogP contribution >= 0.6 is 36.2 Å². The van der Waals surface area contributed by atoms with E-state index in [-0.39, 0.29) is 30.7 Å². The molecule has 0 saturated carbocycles. The van der Waals surface area contributed by atoms with Crippen molar-refractivity contribution in [3.8, 4) is 10.7 Å². The van der Waals surface area contributed by atoms with Crippen LogP contribution in [0.25, 0.3) is 10.7 Å². The summed E-state index contributed by atoms with van der Waals surface area (Å²) < 4.78 is 0. The number of thiazole rings is 1. The van der Waals surface area contributed by atoms with E-state index in [0.29, 0.717) is 13.0 Å². The van der Waals surface area contributed by atoms with Gasteiger partial charge < -0.3 is 10.6 Å². The summed E-state index contributed by atoms with van der Waals surface area (Å²) in [5.41, 5.74) is 1.65. The van der Waals surface area contributed by atoms with Gasteiger partial charge in [-0.05, 0) is 12.1 Å². The molecule has 6 nitrogen and oxygen atoms in total. The van der Waals surface area contributed by atoms with Gasteiger partial charge in [0.05, 0.1) is 17.8 Å². The predicted octanol–water partition coefficient (Wildman–Crippen LogP) is 1.61. The van der Waals surface area contributed by atoms with Gasteiger partial charge in [0.25, 0.3) is 0 Å². The molecular weight excluding hydrogens is 381 g/mol. The second-order valence-corrected chi connectivity index (χ2v) is 6.34. The largest absolute Gasteiger partial charge is 0.354 e. The lowest BCUT2D eigenvalue weighted by atomic mass is 10.3. The number of carbonyl (C=O) groups excluding carboxylic acids is 1. The first-order valence-corrected chi connectivity index (χ1v) is 8.75. The highest BCUT2D eigenvalue weighted by Crippen LogP contribution is 2.21. The Hall–Kier alpha value is -1.25. The third-order valence-electron chi connectivity index (χ3n) is 3.74. The van der Waals surface area contributed by atoms with Crippen molar-refractivity contribution in [3.63, 3.8) is 0 Å². The summed E-state index contributed by atoms with van der Waals surface area (Å²) in [5.74, 6) is 0.0259. The molecule has 0 unspecified atom stereocenters. The Morgan fingerprint density at radius 2 is 2.08 bits per heavy atom. The first-order valence-electron chi connectivity index (χ1n) is 7.87. The Kier molecular flexibility index (Phi) is 9.92. The van der Waals surface area contributed by atoms with Crippen molar-refractivity contribution in [2.24, 2.45) is 0 Å². The zero-order valence-electron chi connectivity index (χ0n) is 13.8.